The molecule has 1 aliphatic heterocycles. The van der Waals surface area contributed by atoms with Gasteiger partial charge in [-0.15, -0.1) is 0 Å². The van der Waals surface area contributed by atoms with E-state index in [-0.39, 0.29) is 5.91 Å². The second kappa shape index (κ2) is 5.59. The van der Waals surface area contributed by atoms with Crippen LogP contribution >= 0.6 is 11.6 Å². The van der Waals surface area contributed by atoms with E-state index in [1.807, 2.05) is 13.0 Å². The second-order valence-corrected chi connectivity index (χ2v) is 4.91. The van der Waals surface area contributed by atoms with Gasteiger partial charge in [0.05, 0.1) is 10.7 Å². The number of benzene rings is 1. The molecule has 0 saturated carbocycles. The predicted molar refractivity (Wildman–Crippen MR) is 70.3 cm³/mol. The van der Waals surface area contributed by atoms with Gasteiger partial charge in [0.1, 0.15) is 6.10 Å². The first-order valence-corrected chi connectivity index (χ1v) is 6.30. The Morgan fingerprint density at radius 2 is 2.05 bits per heavy atom. The standard InChI is InChI=1S/C13H14ClNO4/c1-7-2-3-8(14)9(6-7)15-12(16)10-4-5-11(19-10)13(17)18/h2-3,6,10-11H,4-5H2,1H3,(H,15,16)(H,17,18)/t10-,11+/m0/s1. The minimum Gasteiger partial charge on any atom is -0.479 e. The van der Waals surface area contributed by atoms with Crippen LogP contribution in [0.15, 0.2) is 18.2 Å². The maximum absolute atomic E-state index is 12.0. The third kappa shape index (κ3) is 3.24. The van der Waals surface area contributed by atoms with Crippen LogP contribution in [0.4, 0.5) is 5.69 Å². The Morgan fingerprint density at radius 1 is 1.37 bits per heavy atom. The maximum Gasteiger partial charge on any atom is 0.332 e. The van der Waals surface area contributed by atoms with E-state index < -0.39 is 18.2 Å². The number of anilines is 1. The molecule has 1 saturated heterocycles. The summed E-state index contributed by atoms with van der Waals surface area (Å²) in [4.78, 5) is 22.7. The molecule has 2 rings (SSSR count). The van der Waals surface area contributed by atoms with Gasteiger partial charge in [-0.25, -0.2) is 4.79 Å². The van der Waals surface area contributed by atoms with E-state index in [1.54, 1.807) is 12.1 Å². The van der Waals surface area contributed by atoms with Crippen LogP contribution in [0.2, 0.25) is 5.02 Å². The Labute approximate surface area is 115 Å². The lowest BCUT2D eigenvalue weighted by atomic mass is 10.1. The molecule has 1 aromatic rings. The van der Waals surface area contributed by atoms with Gasteiger partial charge in [0.2, 0.25) is 0 Å². The Balaban J connectivity index is 2.02. The Morgan fingerprint density at radius 3 is 2.68 bits per heavy atom. The van der Waals surface area contributed by atoms with Crippen molar-refractivity contribution in [2.75, 3.05) is 5.32 Å². The monoisotopic (exact) mass is 283 g/mol. The SMILES string of the molecule is Cc1ccc(Cl)c(NC(=O)[C@@H]2CC[C@H](C(=O)O)O2)c1. The molecule has 0 aromatic heterocycles. The summed E-state index contributed by atoms with van der Waals surface area (Å²) in [7, 11) is 0. The second-order valence-electron chi connectivity index (χ2n) is 4.50. The summed E-state index contributed by atoms with van der Waals surface area (Å²) in [5, 5.41) is 11.9. The molecule has 0 unspecified atom stereocenters. The van der Waals surface area contributed by atoms with Crippen molar-refractivity contribution in [2.45, 2.75) is 32.0 Å². The molecule has 1 amide bonds. The van der Waals surface area contributed by atoms with Crippen molar-refractivity contribution >= 4 is 29.2 Å². The van der Waals surface area contributed by atoms with E-state index in [4.69, 9.17) is 21.4 Å². The molecule has 0 bridgehead atoms. The molecule has 1 fully saturated rings. The van der Waals surface area contributed by atoms with Crippen LogP contribution in [-0.2, 0) is 14.3 Å². The van der Waals surface area contributed by atoms with Gasteiger partial charge in [-0.05, 0) is 37.5 Å². The van der Waals surface area contributed by atoms with Gasteiger partial charge < -0.3 is 15.2 Å². The first kappa shape index (κ1) is 13.8. The highest BCUT2D eigenvalue weighted by molar-refractivity contribution is 6.33. The number of halogens is 1. The van der Waals surface area contributed by atoms with Gasteiger partial charge in [0, 0.05) is 0 Å². The largest absolute Gasteiger partial charge is 0.479 e. The number of carboxylic acids is 1. The van der Waals surface area contributed by atoms with Crippen LogP contribution < -0.4 is 5.32 Å². The molecule has 6 heteroatoms. The maximum atomic E-state index is 12.0. The van der Waals surface area contributed by atoms with E-state index in [0.717, 1.165) is 5.56 Å². The predicted octanol–water partition coefficient (Wildman–Crippen LogP) is 2.22. The van der Waals surface area contributed by atoms with Gasteiger partial charge in [0.25, 0.3) is 5.91 Å². The number of carbonyl (C=O) groups excluding carboxylic acids is 1. The summed E-state index contributed by atoms with van der Waals surface area (Å²) in [6.45, 7) is 1.89. The summed E-state index contributed by atoms with van der Waals surface area (Å²) in [5.74, 6) is -1.40. The molecule has 0 spiro atoms. The lowest BCUT2D eigenvalue weighted by Gasteiger charge is -2.13. The molecule has 1 aromatic carbocycles. The number of carboxylic acid groups (broad SMARTS) is 1. The quantitative estimate of drug-likeness (QED) is 0.892. The average Bonchev–Trinajstić information content (AvgIpc) is 2.83. The lowest BCUT2D eigenvalue weighted by molar-refractivity contribution is -0.150. The zero-order valence-corrected chi connectivity index (χ0v) is 11.1. The number of amides is 1. The number of aliphatic carboxylic acids is 1. The fraction of sp³-hybridized carbons (Fsp3) is 0.385. The number of rotatable bonds is 3. The molecular weight excluding hydrogens is 270 g/mol. The van der Waals surface area contributed by atoms with Crippen molar-refractivity contribution < 1.29 is 19.4 Å². The van der Waals surface area contributed by atoms with Crippen molar-refractivity contribution in [3.8, 4) is 0 Å². The number of carbonyl (C=O) groups is 2. The Kier molecular flexibility index (Phi) is 4.07. The first-order valence-electron chi connectivity index (χ1n) is 5.92. The topological polar surface area (TPSA) is 75.6 Å². The minimum absolute atomic E-state index is 0.342. The van der Waals surface area contributed by atoms with Crippen molar-refractivity contribution in [1.29, 1.82) is 0 Å². The minimum atomic E-state index is -1.04. The Bertz CT molecular complexity index is 517. The van der Waals surface area contributed by atoms with Crippen LogP contribution in [0, 0.1) is 6.92 Å². The number of nitrogens with one attached hydrogen (secondary N) is 1. The van der Waals surface area contributed by atoms with Gasteiger partial charge in [-0.1, -0.05) is 17.7 Å². The summed E-state index contributed by atoms with van der Waals surface area (Å²) < 4.78 is 5.17. The lowest BCUT2D eigenvalue weighted by Crippen LogP contribution is -2.30. The van der Waals surface area contributed by atoms with Gasteiger partial charge in [-0.2, -0.15) is 0 Å². The molecule has 1 aliphatic rings. The van der Waals surface area contributed by atoms with E-state index >= 15 is 0 Å². The van der Waals surface area contributed by atoms with Crippen LogP contribution in [0.1, 0.15) is 18.4 Å². The third-order valence-corrected chi connectivity index (χ3v) is 3.30. The van der Waals surface area contributed by atoms with Crippen LogP contribution in [0.5, 0.6) is 0 Å². The Hall–Kier alpha value is -1.59. The van der Waals surface area contributed by atoms with E-state index in [1.165, 1.54) is 0 Å². The number of hydrogen-bond donors (Lipinski definition) is 2. The van der Waals surface area contributed by atoms with Crippen molar-refractivity contribution in [3.63, 3.8) is 0 Å². The summed E-state index contributed by atoms with van der Waals surface area (Å²) >= 11 is 5.98. The van der Waals surface area contributed by atoms with Crippen molar-refractivity contribution in [1.82, 2.24) is 0 Å². The van der Waals surface area contributed by atoms with Crippen LogP contribution in [0.25, 0.3) is 0 Å². The normalized spacial score (nSPS) is 22.2. The molecule has 19 heavy (non-hydrogen) atoms. The summed E-state index contributed by atoms with van der Waals surface area (Å²) in [6, 6.07) is 5.29. The third-order valence-electron chi connectivity index (χ3n) is 2.97. The summed E-state index contributed by atoms with van der Waals surface area (Å²) in [5.41, 5.74) is 1.48. The number of hydrogen-bond acceptors (Lipinski definition) is 3. The van der Waals surface area contributed by atoms with Crippen LogP contribution in [-0.4, -0.2) is 29.2 Å². The zero-order chi connectivity index (χ0) is 14.0. The molecule has 0 aliphatic carbocycles. The fourth-order valence-corrected chi connectivity index (χ4v) is 2.12. The number of ether oxygens (including phenoxy) is 1. The molecule has 1 heterocycles. The zero-order valence-electron chi connectivity index (χ0n) is 10.4. The molecule has 2 atom stereocenters. The molecule has 0 radical (unpaired) electrons. The van der Waals surface area contributed by atoms with Gasteiger partial charge >= 0.3 is 5.97 Å². The molecular formula is C13H14ClNO4. The van der Waals surface area contributed by atoms with Crippen molar-refractivity contribution in [3.05, 3.63) is 28.8 Å². The average molecular weight is 284 g/mol. The molecule has 2 N–H and O–H groups in total. The van der Waals surface area contributed by atoms with Gasteiger partial charge in [0.15, 0.2) is 6.10 Å². The summed E-state index contributed by atoms with van der Waals surface area (Å²) in [6.07, 6.45) is -0.900. The van der Waals surface area contributed by atoms with E-state index in [9.17, 15) is 9.59 Å². The van der Waals surface area contributed by atoms with E-state index in [2.05, 4.69) is 5.32 Å². The van der Waals surface area contributed by atoms with Crippen molar-refractivity contribution in [2.24, 2.45) is 0 Å². The fourth-order valence-electron chi connectivity index (χ4n) is 1.96. The highest BCUT2D eigenvalue weighted by Crippen LogP contribution is 2.25. The molecule has 5 nitrogen and oxygen atoms in total. The first-order chi connectivity index (χ1) is 8.97. The van der Waals surface area contributed by atoms with Crippen LogP contribution in [0.3, 0.4) is 0 Å². The highest BCUT2D eigenvalue weighted by Gasteiger charge is 2.34. The highest BCUT2D eigenvalue weighted by atomic mass is 35.5. The number of aryl methyl sites for hydroxylation is 1. The van der Waals surface area contributed by atoms with Gasteiger partial charge in [-0.3, -0.25) is 4.79 Å². The smallest absolute Gasteiger partial charge is 0.332 e. The molecule has 102 valence electrons. The van der Waals surface area contributed by atoms with E-state index in [0.29, 0.717) is 23.6 Å².